The number of carboxylic acid groups (broad SMARTS) is 1. The smallest absolute Gasteiger partial charge is 0.481 e. The standard InChI is InChI=1S/C13H18N3O2PS.Na/c17-13(18)6-3-11-1-4-12(5-2-11)14-19(20,15-7-8-15)16-9-10-16;/h1-2,4-5H,3,6-10H2,(H,14,20)(H,17,18);/q;+1. The number of anilines is 1. The van der Waals surface area contributed by atoms with Crippen LogP contribution in [0, 0.1) is 0 Å². The van der Waals surface area contributed by atoms with Gasteiger partial charge in [-0.3, -0.25) is 4.79 Å². The number of nitrogens with one attached hydrogen (secondary N) is 1. The molecule has 2 fully saturated rings. The summed E-state index contributed by atoms with van der Waals surface area (Å²) >= 11 is 5.85. The quantitative estimate of drug-likeness (QED) is 0.378. The van der Waals surface area contributed by atoms with Gasteiger partial charge in [0.15, 0.2) is 6.49 Å². The van der Waals surface area contributed by atoms with Crippen molar-refractivity contribution in [1.29, 1.82) is 0 Å². The van der Waals surface area contributed by atoms with Crippen molar-refractivity contribution in [2.24, 2.45) is 0 Å². The first-order chi connectivity index (χ1) is 9.58. The van der Waals surface area contributed by atoms with Crippen LogP contribution in [-0.2, 0) is 23.0 Å². The molecule has 2 heterocycles. The molecular weight excluding hydrogens is 316 g/mol. The number of aryl methyl sites for hydroxylation is 1. The maximum absolute atomic E-state index is 10.6. The summed E-state index contributed by atoms with van der Waals surface area (Å²) in [5.41, 5.74) is 2.08. The topological polar surface area (TPSA) is 55.3 Å². The number of benzene rings is 1. The monoisotopic (exact) mass is 334 g/mol. The van der Waals surface area contributed by atoms with Crippen LogP contribution in [0.4, 0.5) is 5.69 Å². The Bertz CT molecular complexity index is 545. The van der Waals surface area contributed by atoms with Crippen molar-refractivity contribution in [2.45, 2.75) is 12.8 Å². The van der Waals surface area contributed by atoms with E-state index in [2.05, 4.69) is 14.4 Å². The van der Waals surface area contributed by atoms with E-state index >= 15 is 0 Å². The Labute approximate surface area is 152 Å². The summed E-state index contributed by atoms with van der Waals surface area (Å²) in [6.07, 6.45) is 0.744. The maximum atomic E-state index is 10.6. The summed E-state index contributed by atoms with van der Waals surface area (Å²) in [5, 5.41) is 12.2. The first-order valence-electron chi connectivity index (χ1n) is 6.78. The van der Waals surface area contributed by atoms with E-state index in [1.54, 1.807) is 0 Å². The number of rotatable bonds is 7. The van der Waals surface area contributed by atoms with Crippen LogP contribution in [0.5, 0.6) is 0 Å². The largest absolute Gasteiger partial charge is 1.00 e. The van der Waals surface area contributed by atoms with Crippen LogP contribution < -0.4 is 34.6 Å². The van der Waals surface area contributed by atoms with Gasteiger partial charge in [0.2, 0.25) is 0 Å². The fourth-order valence-corrected chi connectivity index (χ4v) is 5.80. The van der Waals surface area contributed by atoms with E-state index in [4.69, 9.17) is 16.9 Å². The van der Waals surface area contributed by atoms with Crippen molar-refractivity contribution in [3.63, 3.8) is 0 Å². The van der Waals surface area contributed by atoms with E-state index in [-0.39, 0.29) is 36.0 Å². The molecule has 0 aromatic heterocycles. The van der Waals surface area contributed by atoms with Crippen molar-refractivity contribution in [3.05, 3.63) is 29.8 Å². The van der Waals surface area contributed by atoms with E-state index in [0.717, 1.165) is 37.4 Å². The Morgan fingerprint density at radius 2 is 1.71 bits per heavy atom. The number of carbonyl (C=O) groups is 1. The van der Waals surface area contributed by atoms with Crippen LogP contribution in [0.25, 0.3) is 0 Å². The Kier molecular flexibility index (Phi) is 5.88. The molecule has 1 aromatic carbocycles. The molecular formula is C13H18N3NaO2PS+. The molecule has 0 spiro atoms. The minimum atomic E-state index is -1.75. The van der Waals surface area contributed by atoms with Gasteiger partial charge < -0.3 is 10.2 Å². The van der Waals surface area contributed by atoms with Gasteiger partial charge in [0.1, 0.15) is 0 Å². The molecule has 108 valence electrons. The van der Waals surface area contributed by atoms with E-state index in [0.29, 0.717) is 6.42 Å². The zero-order valence-electron chi connectivity index (χ0n) is 12.2. The zero-order chi connectivity index (χ0) is 14.2. The number of hydrogen-bond donors (Lipinski definition) is 2. The van der Waals surface area contributed by atoms with Gasteiger partial charge in [-0.25, -0.2) is 9.34 Å². The summed E-state index contributed by atoms with van der Waals surface area (Å²) in [6, 6.07) is 7.97. The van der Waals surface area contributed by atoms with Crippen LogP contribution >= 0.6 is 6.49 Å². The molecule has 8 heteroatoms. The SMILES string of the molecule is O=C(O)CCc1ccc(NP(=S)(N2CC2)N2CC2)cc1.[Na+]. The molecule has 0 atom stereocenters. The van der Waals surface area contributed by atoms with Crippen molar-refractivity contribution in [3.8, 4) is 0 Å². The average Bonchev–Trinajstić information content (AvgIpc) is 3.30. The molecule has 0 radical (unpaired) electrons. The molecule has 21 heavy (non-hydrogen) atoms. The van der Waals surface area contributed by atoms with Gasteiger partial charge in [0, 0.05) is 38.3 Å². The van der Waals surface area contributed by atoms with Gasteiger partial charge in [-0.2, -0.15) is 0 Å². The van der Waals surface area contributed by atoms with Crippen molar-refractivity contribution < 1.29 is 39.5 Å². The molecule has 5 nitrogen and oxygen atoms in total. The molecule has 3 rings (SSSR count). The second-order valence-corrected chi connectivity index (χ2v) is 9.12. The van der Waals surface area contributed by atoms with Crippen LogP contribution in [0.2, 0.25) is 0 Å². The number of hydrogen-bond acceptors (Lipinski definition) is 2. The molecule has 0 unspecified atom stereocenters. The predicted molar refractivity (Wildman–Crippen MR) is 83.5 cm³/mol. The second kappa shape index (κ2) is 7.09. The Morgan fingerprint density at radius 1 is 1.19 bits per heavy atom. The van der Waals surface area contributed by atoms with Gasteiger partial charge in [-0.1, -0.05) is 12.1 Å². The van der Waals surface area contributed by atoms with Gasteiger partial charge in [-0.05, 0) is 35.9 Å². The molecule has 0 amide bonds. The Hall–Kier alpha value is 0.0600. The predicted octanol–water partition coefficient (Wildman–Crippen LogP) is -1.02. The molecule has 2 aliphatic rings. The maximum Gasteiger partial charge on any atom is 1.00 e. The number of carboxylic acids is 1. The van der Waals surface area contributed by atoms with Gasteiger partial charge >= 0.3 is 35.5 Å². The fourth-order valence-electron chi connectivity index (χ4n) is 2.12. The first-order valence-corrected chi connectivity index (χ1v) is 9.49. The molecule has 0 saturated carbocycles. The van der Waals surface area contributed by atoms with E-state index in [9.17, 15) is 4.79 Å². The second-order valence-electron chi connectivity index (χ2n) is 5.15. The first kappa shape index (κ1) is 17.4. The van der Waals surface area contributed by atoms with Crippen molar-refractivity contribution in [1.82, 2.24) is 9.34 Å². The molecule has 1 aromatic rings. The van der Waals surface area contributed by atoms with Crippen LogP contribution in [0.15, 0.2) is 24.3 Å². The summed E-state index contributed by atoms with van der Waals surface area (Å²) in [5.74, 6) is -0.759. The zero-order valence-corrected chi connectivity index (χ0v) is 15.9. The van der Waals surface area contributed by atoms with E-state index < -0.39 is 12.5 Å². The third kappa shape index (κ3) is 4.52. The van der Waals surface area contributed by atoms with Crippen LogP contribution in [0.1, 0.15) is 12.0 Å². The third-order valence-electron chi connectivity index (χ3n) is 3.47. The Balaban J connectivity index is 0.00000161. The van der Waals surface area contributed by atoms with Crippen LogP contribution in [-0.4, -0.2) is 46.6 Å². The fraction of sp³-hybridized carbons (Fsp3) is 0.462. The van der Waals surface area contributed by atoms with Gasteiger partial charge in [-0.15, -0.1) is 0 Å². The number of nitrogens with zero attached hydrogens (tertiary/aromatic N) is 2. The van der Waals surface area contributed by atoms with Gasteiger partial charge in [0.25, 0.3) is 0 Å². The minimum Gasteiger partial charge on any atom is -0.481 e. The normalized spacial score (nSPS) is 17.9. The molecule has 0 bridgehead atoms. The third-order valence-corrected chi connectivity index (χ3v) is 8.01. The molecule has 2 saturated heterocycles. The van der Waals surface area contributed by atoms with Crippen LogP contribution in [0.3, 0.4) is 0 Å². The summed E-state index contributed by atoms with van der Waals surface area (Å²) < 4.78 is 4.68. The number of aliphatic carboxylic acids is 1. The molecule has 2 N–H and O–H groups in total. The van der Waals surface area contributed by atoms with Crippen molar-refractivity contribution >= 4 is 30.0 Å². The average molecular weight is 334 g/mol. The Morgan fingerprint density at radius 3 is 2.14 bits per heavy atom. The minimum absolute atomic E-state index is 0. The molecule has 2 aliphatic heterocycles. The summed E-state index contributed by atoms with van der Waals surface area (Å²) in [7, 11) is 0. The summed E-state index contributed by atoms with van der Waals surface area (Å²) in [4.78, 5) is 10.6. The van der Waals surface area contributed by atoms with Gasteiger partial charge in [0.05, 0.1) is 0 Å². The van der Waals surface area contributed by atoms with Crippen molar-refractivity contribution in [2.75, 3.05) is 31.3 Å². The molecule has 0 aliphatic carbocycles. The van der Waals surface area contributed by atoms with E-state index in [1.165, 1.54) is 0 Å². The summed E-state index contributed by atoms with van der Waals surface area (Å²) in [6.45, 7) is 2.63. The van der Waals surface area contributed by atoms with E-state index in [1.807, 2.05) is 24.3 Å².